The van der Waals surface area contributed by atoms with Crippen molar-refractivity contribution in [2.45, 2.75) is 57.0 Å². The third-order valence-electron chi connectivity index (χ3n) is 7.53. The second kappa shape index (κ2) is 7.26. The van der Waals surface area contributed by atoms with Gasteiger partial charge in [0.15, 0.2) is 0 Å². The minimum Gasteiger partial charge on any atom is -0.351 e. The predicted octanol–water partition coefficient (Wildman–Crippen LogP) is 4.37. The van der Waals surface area contributed by atoms with Gasteiger partial charge in [-0.3, -0.25) is 9.59 Å². The second-order valence-corrected chi connectivity index (χ2v) is 9.93. The first kappa shape index (κ1) is 19.3. The Hall–Kier alpha value is -2.62. The largest absolute Gasteiger partial charge is 0.351 e. The van der Waals surface area contributed by atoms with Gasteiger partial charge in [-0.15, -0.1) is 0 Å². The number of hydrogen-bond acceptors (Lipinski definition) is 2. The molecule has 4 nitrogen and oxygen atoms in total. The molecule has 0 aromatic heterocycles. The molecule has 0 radical (unpaired) electrons. The number of carbonyl (C=O) groups excluding carboxylic acids is 2. The summed E-state index contributed by atoms with van der Waals surface area (Å²) in [7, 11) is 0. The van der Waals surface area contributed by atoms with Crippen LogP contribution >= 0.6 is 0 Å². The average molecular weight is 403 g/mol. The van der Waals surface area contributed by atoms with Crippen LogP contribution in [0.25, 0.3) is 0 Å². The number of benzene rings is 2. The van der Waals surface area contributed by atoms with Crippen molar-refractivity contribution in [3.8, 4) is 0 Å². The second-order valence-electron chi connectivity index (χ2n) is 9.93. The summed E-state index contributed by atoms with van der Waals surface area (Å²) >= 11 is 0. The van der Waals surface area contributed by atoms with Gasteiger partial charge in [-0.2, -0.15) is 0 Å². The van der Waals surface area contributed by atoms with E-state index in [9.17, 15) is 9.59 Å². The van der Waals surface area contributed by atoms with Crippen LogP contribution in [0.2, 0.25) is 0 Å². The molecular weight excluding hydrogens is 372 g/mol. The van der Waals surface area contributed by atoms with Crippen molar-refractivity contribution in [1.82, 2.24) is 10.6 Å². The van der Waals surface area contributed by atoms with Crippen LogP contribution in [-0.4, -0.2) is 17.4 Å². The smallest absolute Gasteiger partial charge is 0.227 e. The van der Waals surface area contributed by atoms with E-state index in [1.807, 2.05) is 36.4 Å². The summed E-state index contributed by atoms with van der Waals surface area (Å²) in [5, 5.41) is 6.69. The maximum Gasteiger partial charge on any atom is 0.227 e. The van der Waals surface area contributed by atoms with Crippen molar-refractivity contribution in [3.05, 3.63) is 71.8 Å². The van der Waals surface area contributed by atoms with Crippen LogP contribution in [0.4, 0.5) is 0 Å². The Morgan fingerprint density at radius 1 is 0.867 bits per heavy atom. The van der Waals surface area contributed by atoms with Gasteiger partial charge in [-0.1, -0.05) is 60.7 Å². The lowest BCUT2D eigenvalue weighted by Crippen LogP contribution is -2.65. The number of nitrogens with one attached hydrogen (secondary N) is 2. The fourth-order valence-corrected chi connectivity index (χ4v) is 6.98. The molecule has 4 atom stereocenters. The molecule has 2 N–H and O–H groups in total. The molecule has 6 rings (SSSR count). The van der Waals surface area contributed by atoms with Gasteiger partial charge < -0.3 is 10.6 Å². The summed E-state index contributed by atoms with van der Waals surface area (Å²) < 4.78 is 0. The number of carbonyl (C=O) groups is 2. The topological polar surface area (TPSA) is 58.2 Å². The van der Waals surface area contributed by atoms with Gasteiger partial charge in [-0.25, -0.2) is 0 Å². The Morgan fingerprint density at radius 2 is 1.40 bits per heavy atom. The summed E-state index contributed by atoms with van der Waals surface area (Å²) in [6, 6.07) is 20.3. The minimum atomic E-state index is -0.367. The van der Waals surface area contributed by atoms with E-state index in [0.717, 1.165) is 43.2 Å². The van der Waals surface area contributed by atoms with E-state index in [1.165, 1.54) is 6.42 Å². The lowest BCUT2D eigenvalue weighted by Gasteiger charge is -2.61. The molecule has 4 fully saturated rings. The fourth-order valence-electron chi connectivity index (χ4n) is 6.98. The third kappa shape index (κ3) is 3.42. The van der Waals surface area contributed by atoms with Crippen LogP contribution in [0.5, 0.6) is 0 Å². The normalized spacial score (nSPS) is 31.5. The molecule has 0 saturated heterocycles. The monoisotopic (exact) mass is 402 g/mol. The molecule has 0 heterocycles. The molecule has 2 amide bonds. The predicted molar refractivity (Wildman–Crippen MR) is 117 cm³/mol. The van der Waals surface area contributed by atoms with E-state index < -0.39 is 0 Å². The molecule has 4 heteroatoms. The molecule has 2 aromatic rings. The van der Waals surface area contributed by atoms with E-state index in [2.05, 4.69) is 34.9 Å². The van der Waals surface area contributed by atoms with Gasteiger partial charge in [0, 0.05) is 12.5 Å². The SMILES string of the molecule is CC(=O)NC12C[C@H]3C[C@@H](C1)CC(C(=O)NC(c1ccccc1)c1ccccc1)(C3)C2. The molecule has 0 aliphatic heterocycles. The highest BCUT2D eigenvalue weighted by atomic mass is 16.2. The van der Waals surface area contributed by atoms with Crippen LogP contribution < -0.4 is 10.6 Å². The summed E-state index contributed by atoms with van der Waals surface area (Å²) in [6.45, 7) is 1.60. The van der Waals surface area contributed by atoms with E-state index in [1.54, 1.807) is 6.92 Å². The van der Waals surface area contributed by atoms with Crippen LogP contribution in [0.1, 0.15) is 62.6 Å². The molecule has 4 saturated carbocycles. The van der Waals surface area contributed by atoms with Gasteiger partial charge >= 0.3 is 0 Å². The van der Waals surface area contributed by atoms with E-state index in [-0.39, 0.29) is 28.8 Å². The first-order valence-corrected chi connectivity index (χ1v) is 11.2. The molecule has 2 aromatic carbocycles. The Kier molecular flexibility index (Phi) is 4.68. The number of amides is 2. The fraction of sp³-hybridized carbons (Fsp3) is 0.462. The van der Waals surface area contributed by atoms with Crippen molar-refractivity contribution in [2.24, 2.45) is 17.3 Å². The highest BCUT2D eigenvalue weighted by Crippen LogP contribution is 2.61. The van der Waals surface area contributed by atoms with E-state index in [0.29, 0.717) is 11.8 Å². The van der Waals surface area contributed by atoms with E-state index >= 15 is 0 Å². The van der Waals surface area contributed by atoms with Gasteiger partial charge in [0.1, 0.15) is 0 Å². The Morgan fingerprint density at radius 3 is 1.90 bits per heavy atom. The molecule has 4 bridgehead atoms. The first-order valence-electron chi connectivity index (χ1n) is 11.2. The van der Waals surface area contributed by atoms with Crippen molar-refractivity contribution in [1.29, 1.82) is 0 Å². The lowest BCUT2D eigenvalue weighted by atomic mass is 9.46. The van der Waals surface area contributed by atoms with Gasteiger partial charge in [0.25, 0.3) is 0 Å². The summed E-state index contributed by atoms with van der Waals surface area (Å²) in [5.74, 6) is 1.26. The van der Waals surface area contributed by atoms with Crippen LogP contribution in [0.3, 0.4) is 0 Å². The average Bonchev–Trinajstić information content (AvgIpc) is 2.71. The van der Waals surface area contributed by atoms with Crippen molar-refractivity contribution in [2.75, 3.05) is 0 Å². The Balaban J connectivity index is 1.45. The zero-order valence-electron chi connectivity index (χ0n) is 17.6. The summed E-state index contributed by atoms with van der Waals surface area (Å²) in [5.41, 5.74) is 1.63. The summed E-state index contributed by atoms with van der Waals surface area (Å²) in [6.07, 6.45) is 5.93. The molecule has 156 valence electrons. The molecule has 0 spiro atoms. The Labute approximate surface area is 178 Å². The van der Waals surface area contributed by atoms with Crippen molar-refractivity contribution in [3.63, 3.8) is 0 Å². The quantitative estimate of drug-likeness (QED) is 0.780. The highest BCUT2D eigenvalue weighted by Gasteiger charge is 2.61. The zero-order valence-corrected chi connectivity index (χ0v) is 17.6. The van der Waals surface area contributed by atoms with Crippen LogP contribution in [0, 0.1) is 17.3 Å². The maximum atomic E-state index is 13.9. The minimum absolute atomic E-state index is 0.0268. The number of hydrogen-bond donors (Lipinski definition) is 2. The highest BCUT2D eigenvalue weighted by molar-refractivity contribution is 5.84. The van der Waals surface area contributed by atoms with Crippen molar-refractivity contribution >= 4 is 11.8 Å². The molecule has 4 aliphatic carbocycles. The van der Waals surface area contributed by atoms with Gasteiger partial charge in [0.05, 0.1) is 11.5 Å². The standard InChI is InChI=1S/C26H30N2O2/c1-18(29)28-26-15-19-12-20(16-26)14-25(13-19,17-26)24(30)27-23(21-8-4-2-5-9-21)22-10-6-3-7-11-22/h2-11,19-20,23H,12-17H2,1H3,(H,27,30)(H,28,29)/t19-,20+,25?,26?. The zero-order chi connectivity index (χ0) is 20.8. The molecule has 2 unspecified atom stereocenters. The van der Waals surface area contributed by atoms with Gasteiger partial charge in [0.2, 0.25) is 11.8 Å². The van der Waals surface area contributed by atoms with Crippen molar-refractivity contribution < 1.29 is 9.59 Å². The molecule has 4 aliphatic rings. The Bertz CT molecular complexity index is 887. The van der Waals surface area contributed by atoms with Crippen LogP contribution in [0.15, 0.2) is 60.7 Å². The number of rotatable bonds is 5. The van der Waals surface area contributed by atoms with Crippen LogP contribution in [-0.2, 0) is 9.59 Å². The molecular formula is C26H30N2O2. The maximum absolute atomic E-state index is 13.9. The van der Waals surface area contributed by atoms with Gasteiger partial charge in [-0.05, 0) is 61.5 Å². The lowest BCUT2D eigenvalue weighted by molar-refractivity contribution is -0.153. The first-order chi connectivity index (χ1) is 14.5. The third-order valence-corrected chi connectivity index (χ3v) is 7.53. The van der Waals surface area contributed by atoms with E-state index in [4.69, 9.17) is 0 Å². The molecule has 30 heavy (non-hydrogen) atoms. The summed E-state index contributed by atoms with van der Waals surface area (Å²) in [4.78, 5) is 25.8.